The van der Waals surface area contributed by atoms with Crippen LogP contribution in [0.3, 0.4) is 0 Å². The third-order valence-electron chi connectivity index (χ3n) is 9.84. The maximum Gasteiger partial charge on any atom is 0.263 e. The summed E-state index contributed by atoms with van der Waals surface area (Å²) in [7, 11) is 5.26. The van der Waals surface area contributed by atoms with Crippen molar-refractivity contribution in [2.24, 2.45) is 4.99 Å². The average molecular weight is 825 g/mol. The number of ether oxygens (including phenoxy) is 4. The Morgan fingerprint density at radius 1 is 0.983 bits per heavy atom. The number of hydrogen-bond acceptors (Lipinski definition) is 12. The first-order valence-corrected chi connectivity index (χ1v) is 20.7. The maximum absolute atomic E-state index is 13.2. The average Bonchev–Trinajstić information content (AvgIpc) is 3.85. The van der Waals surface area contributed by atoms with E-state index in [0.29, 0.717) is 29.0 Å². The Hall–Kier alpha value is -5.20. The van der Waals surface area contributed by atoms with Crippen molar-refractivity contribution in [2.45, 2.75) is 76.7 Å². The summed E-state index contributed by atoms with van der Waals surface area (Å²) in [5, 5.41) is 14.3. The Morgan fingerprint density at radius 3 is 2.15 bits per heavy atom. The fourth-order valence-electron chi connectivity index (χ4n) is 7.17. The molecule has 1 saturated heterocycles. The van der Waals surface area contributed by atoms with Gasteiger partial charge in [0.15, 0.2) is 11.9 Å². The minimum atomic E-state index is -1.67. The molecule has 2 aromatic heterocycles. The van der Waals surface area contributed by atoms with E-state index in [9.17, 15) is 10.1 Å². The van der Waals surface area contributed by atoms with E-state index in [4.69, 9.17) is 28.0 Å². The largest absolute Gasteiger partial charge is 0.497 e. The molecule has 0 amide bonds. The molecule has 0 radical (unpaired) electrons. The van der Waals surface area contributed by atoms with Crippen LogP contribution in [0.4, 0.5) is 5.95 Å². The predicted octanol–water partition coefficient (Wildman–Crippen LogP) is 7.32. The van der Waals surface area contributed by atoms with Crippen molar-refractivity contribution < 1.29 is 28.0 Å². The molecule has 6 rings (SSSR count). The van der Waals surface area contributed by atoms with Crippen molar-refractivity contribution in [3.63, 3.8) is 0 Å². The fourth-order valence-corrected chi connectivity index (χ4v) is 8.93. The molecule has 1 aliphatic rings. The number of benzene rings is 3. The summed E-state index contributed by atoms with van der Waals surface area (Å²) in [6.45, 7) is 8.63. The zero-order valence-corrected chi connectivity index (χ0v) is 35.7. The van der Waals surface area contributed by atoms with Gasteiger partial charge in [-0.15, -0.1) is 0 Å². The molecule has 15 nitrogen and oxygen atoms in total. The van der Waals surface area contributed by atoms with Crippen LogP contribution in [-0.2, 0) is 24.1 Å². The minimum Gasteiger partial charge on any atom is -0.497 e. The molecule has 16 heteroatoms. The Bertz CT molecular complexity index is 2190. The lowest BCUT2D eigenvalue weighted by Crippen LogP contribution is -2.39. The van der Waals surface area contributed by atoms with Gasteiger partial charge < -0.3 is 32.9 Å². The molecule has 312 valence electrons. The van der Waals surface area contributed by atoms with Crippen molar-refractivity contribution in [3.8, 4) is 17.6 Å². The Labute approximate surface area is 346 Å². The molecule has 4 unspecified atom stereocenters. The molecule has 1 N–H and O–H groups in total. The Kier molecular flexibility index (Phi) is 14.5. The number of nitriles is 1. The molecular weight excluding hydrogens is 771 g/mol. The number of methoxy groups -OCH3 is 2. The van der Waals surface area contributed by atoms with Crippen molar-refractivity contribution >= 4 is 31.8 Å². The van der Waals surface area contributed by atoms with Gasteiger partial charge in [-0.05, 0) is 68.7 Å². The highest BCUT2D eigenvalue weighted by Gasteiger charge is 2.45. The first-order valence-electron chi connectivity index (χ1n) is 19.6. The second-order valence-electron chi connectivity index (χ2n) is 14.8. The SMILES string of the molecule is COc1ccc(C(OCC2OC(n3ncc4c(=O)[nH]c(N=CN(C)C)nc43)CC2OP(OCCC#N)N(C(C)C)C(C)C)(c2ccccc2)c2ccc(OC)cc2)cc1. The number of fused-ring (bicyclic) bond motifs is 1. The van der Waals surface area contributed by atoms with E-state index in [1.165, 1.54) is 6.20 Å². The second kappa shape index (κ2) is 19.7. The van der Waals surface area contributed by atoms with Crippen molar-refractivity contribution in [2.75, 3.05) is 41.5 Å². The monoisotopic (exact) mass is 824 g/mol. The first kappa shape index (κ1) is 43.4. The lowest BCUT2D eigenvalue weighted by molar-refractivity contribution is -0.0931. The summed E-state index contributed by atoms with van der Waals surface area (Å²) < 4.78 is 42.5. The molecular formula is C43H53N8O7P. The van der Waals surface area contributed by atoms with Gasteiger partial charge in [0.1, 0.15) is 28.6 Å². The molecule has 3 heterocycles. The highest BCUT2D eigenvalue weighted by atomic mass is 31.2. The van der Waals surface area contributed by atoms with Gasteiger partial charge in [0.05, 0.1) is 58.6 Å². The third kappa shape index (κ3) is 9.82. The molecule has 5 aromatic rings. The highest BCUT2D eigenvalue weighted by Crippen LogP contribution is 2.51. The summed E-state index contributed by atoms with van der Waals surface area (Å²) >= 11 is 0. The Balaban J connectivity index is 1.45. The van der Waals surface area contributed by atoms with Gasteiger partial charge in [-0.2, -0.15) is 15.3 Å². The number of H-pyrrole nitrogens is 1. The van der Waals surface area contributed by atoms with E-state index in [0.717, 1.165) is 16.7 Å². The van der Waals surface area contributed by atoms with Crippen LogP contribution in [0.5, 0.6) is 11.5 Å². The smallest absolute Gasteiger partial charge is 0.263 e. The molecule has 59 heavy (non-hydrogen) atoms. The number of hydrogen-bond donors (Lipinski definition) is 1. The number of aromatic nitrogens is 4. The second-order valence-corrected chi connectivity index (χ2v) is 16.2. The fraction of sp³-hybridized carbons (Fsp3) is 0.419. The molecule has 0 aliphatic carbocycles. The van der Waals surface area contributed by atoms with Crippen LogP contribution in [0.25, 0.3) is 11.0 Å². The van der Waals surface area contributed by atoms with Crippen LogP contribution in [0.1, 0.15) is 63.5 Å². The number of aliphatic imine (C=N–C) groups is 1. The topological polar surface area (TPSA) is 162 Å². The van der Waals surface area contributed by atoms with Gasteiger partial charge in [-0.3, -0.25) is 9.78 Å². The number of aromatic amines is 1. The molecule has 4 atom stereocenters. The third-order valence-corrected chi connectivity index (χ3v) is 12.0. The molecule has 0 spiro atoms. The van der Waals surface area contributed by atoms with Crippen molar-refractivity contribution in [3.05, 3.63) is 112 Å². The lowest BCUT2D eigenvalue weighted by Gasteiger charge is -2.39. The van der Waals surface area contributed by atoms with E-state index in [2.05, 4.69) is 58.5 Å². The lowest BCUT2D eigenvalue weighted by atomic mass is 9.80. The van der Waals surface area contributed by atoms with Gasteiger partial charge in [0.25, 0.3) is 14.1 Å². The first-order chi connectivity index (χ1) is 28.5. The number of nitrogens with one attached hydrogen (secondary N) is 1. The van der Waals surface area contributed by atoms with Crippen molar-refractivity contribution in [1.82, 2.24) is 29.3 Å². The highest BCUT2D eigenvalue weighted by molar-refractivity contribution is 7.44. The summed E-state index contributed by atoms with van der Waals surface area (Å²) in [6.07, 6.45) is 1.62. The van der Waals surface area contributed by atoms with E-state index in [-0.39, 0.29) is 43.2 Å². The van der Waals surface area contributed by atoms with Gasteiger partial charge in [0, 0.05) is 32.6 Å². The van der Waals surface area contributed by atoms with Crippen LogP contribution in [0, 0.1) is 11.3 Å². The van der Waals surface area contributed by atoms with Crippen LogP contribution in [0.2, 0.25) is 0 Å². The zero-order chi connectivity index (χ0) is 42.1. The quantitative estimate of drug-likeness (QED) is 0.0291. The maximum atomic E-state index is 13.2. The van der Waals surface area contributed by atoms with Gasteiger partial charge in [-0.1, -0.05) is 54.6 Å². The molecule has 1 fully saturated rings. The van der Waals surface area contributed by atoms with Gasteiger partial charge in [-0.25, -0.2) is 14.3 Å². The summed E-state index contributed by atoms with van der Waals surface area (Å²) in [4.78, 5) is 26.7. The van der Waals surface area contributed by atoms with Gasteiger partial charge in [0.2, 0.25) is 5.95 Å². The minimum absolute atomic E-state index is 0.0600. The van der Waals surface area contributed by atoms with E-state index >= 15 is 0 Å². The van der Waals surface area contributed by atoms with Crippen LogP contribution in [0.15, 0.2) is 94.8 Å². The predicted molar refractivity (Wildman–Crippen MR) is 227 cm³/mol. The van der Waals surface area contributed by atoms with Crippen LogP contribution in [-0.4, -0.2) is 101 Å². The standard InChI is InChI=1S/C43H53N8O7P/c1-29(2)51(30(3)4)59(56-24-12-23-44)58-37-25-39(50-40-36(26-46-50)41(52)48-42(47-40)45-28-49(5)6)57-38(37)27-55-43(31-13-10-9-11-14-31,32-15-19-34(53-7)20-16-32)33-17-21-35(54-8)22-18-33/h9-11,13-22,26,28-30,37-39H,12,24-25,27H2,1-8H3,(H,47,48,52). The molecule has 3 aromatic carbocycles. The normalized spacial score (nSPS) is 17.6. The number of nitrogens with zero attached hydrogens (tertiary/aromatic N) is 7. The van der Waals surface area contributed by atoms with Gasteiger partial charge >= 0.3 is 0 Å². The Morgan fingerprint density at radius 2 is 1.59 bits per heavy atom. The van der Waals surface area contributed by atoms with E-state index < -0.39 is 32.6 Å². The summed E-state index contributed by atoms with van der Waals surface area (Å²) in [5.74, 6) is 1.55. The molecule has 1 aliphatic heterocycles. The van der Waals surface area contributed by atoms with E-state index in [1.54, 1.807) is 30.1 Å². The molecule has 0 bridgehead atoms. The zero-order valence-electron chi connectivity index (χ0n) is 34.8. The summed E-state index contributed by atoms with van der Waals surface area (Å²) in [5.41, 5.74) is 1.43. The van der Waals surface area contributed by atoms with Crippen molar-refractivity contribution in [1.29, 1.82) is 5.26 Å². The van der Waals surface area contributed by atoms with Crippen LogP contribution >= 0.6 is 8.53 Å². The van der Waals surface area contributed by atoms with Crippen LogP contribution < -0.4 is 15.0 Å². The number of rotatable bonds is 19. The summed E-state index contributed by atoms with van der Waals surface area (Å²) in [6, 6.07) is 28.0. The van der Waals surface area contributed by atoms with E-state index in [1.807, 2.05) is 93.0 Å². The molecule has 0 saturated carbocycles.